The first-order valence-corrected chi connectivity index (χ1v) is 8.92. The highest BCUT2D eigenvalue weighted by atomic mass is 16.7. The predicted molar refractivity (Wildman–Crippen MR) is 98.4 cm³/mol. The van der Waals surface area contributed by atoms with Crippen LogP contribution in [0.15, 0.2) is 42.5 Å². The minimum atomic E-state index is -0.760. The van der Waals surface area contributed by atoms with E-state index in [2.05, 4.69) is 5.32 Å². The summed E-state index contributed by atoms with van der Waals surface area (Å²) in [7, 11) is 0. The Morgan fingerprint density at radius 3 is 2.78 bits per heavy atom. The SMILES string of the molecule is CCCNC(=O)[C@H]1CN(C(=O)c2ccc3c(c2)OCO3)c2ccccc2O1. The van der Waals surface area contributed by atoms with E-state index in [9.17, 15) is 9.59 Å². The van der Waals surface area contributed by atoms with Crippen molar-refractivity contribution in [2.45, 2.75) is 19.4 Å². The maximum absolute atomic E-state index is 13.2. The largest absolute Gasteiger partial charge is 0.477 e. The molecule has 2 aromatic carbocycles. The van der Waals surface area contributed by atoms with E-state index >= 15 is 0 Å². The molecule has 2 aliphatic rings. The van der Waals surface area contributed by atoms with Crippen molar-refractivity contribution in [3.05, 3.63) is 48.0 Å². The van der Waals surface area contributed by atoms with Crippen molar-refractivity contribution in [1.29, 1.82) is 0 Å². The molecule has 0 bridgehead atoms. The zero-order chi connectivity index (χ0) is 18.8. The number of anilines is 1. The smallest absolute Gasteiger partial charge is 0.262 e. The van der Waals surface area contributed by atoms with Gasteiger partial charge in [-0.1, -0.05) is 19.1 Å². The molecule has 4 rings (SSSR count). The van der Waals surface area contributed by atoms with Crippen LogP contribution in [0.4, 0.5) is 5.69 Å². The third-order valence-corrected chi connectivity index (χ3v) is 4.48. The highest BCUT2D eigenvalue weighted by Gasteiger charge is 2.34. The summed E-state index contributed by atoms with van der Waals surface area (Å²) in [5.74, 6) is 1.21. The number of carbonyl (C=O) groups is 2. The van der Waals surface area contributed by atoms with Crippen LogP contribution in [0.2, 0.25) is 0 Å². The summed E-state index contributed by atoms with van der Waals surface area (Å²) in [6.45, 7) is 2.83. The van der Waals surface area contributed by atoms with Crippen LogP contribution in [0, 0.1) is 0 Å². The second kappa shape index (κ2) is 7.19. The molecule has 7 heteroatoms. The molecular formula is C20H20N2O5. The van der Waals surface area contributed by atoms with Crippen molar-refractivity contribution in [1.82, 2.24) is 5.32 Å². The second-order valence-electron chi connectivity index (χ2n) is 6.35. The molecule has 0 aromatic heterocycles. The molecule has 2 aromatic rings. The molecule has 0 unspecified atom stereocenters. The number of hydrogen-bond acceptors (Lipinski definition) is 5. The van der Waals surface area contributed by atoms with E-state index in [1.165, 1.54) is 0 Å². The lowest BCUT2D eigenvalue weighted by molar-refractivity contribution is -0.127. The van der Waals surface area contributed by atoms with Crippen LogP contribution in [-0.4, -0.2) is 37.8 Å². The van der Waals surface area contributed by atoms with Crippen molar-refractivity contribution < 1.29 is 23.8 Å². The number of fused-ring (bicyclic) bond motifs is 2. The Morgan fingerprint density at radius 1 is 1.11 bits per heavy atom. The Bertz CT molecular complexity index is 882. The van der Waals surface area contributed by atoms with E-state index in [0.29, 0.717) is 35.0 Å². The van der Waals surface area contributed by atoms with Gasteiger partial charge < -0.3 is 24.4 Å². The number of benzene rings is 2. The molecule has 7 nitrogen and oxygen atoms in total. The van der Waals surface area contributed by atoms with Crippen LogP contribution in [0.3, 0.4) is 0 Å². The number of ether oxygens (including phenoxy) is 3. The number of hydrogen-bond donors (Lipinski definition) is 1. The van der Waals surface area contributed by atoms with E-state index < -0.39 is 6.10 Å². The fraction of sp³-hybridized carbons (Fsp3) is 0.300. The molecule has 1 atom stereocenters. The first kappa shape index (κ1) is 17.2. The van der Waals surface area contributed by atoms with Gasteiger partial charge in [-0.3, -0.25) is 9.59 Å². The number of para-hydroxylation sites is 2. The highest BCUT2D eigenvalue weighted by molar-refractivity contribution is 6.08. The Balaban J connectivity index is 1.63. The van der Waals surface area contributed by atoms with Gasteiger partial charge in [0.2, 0.25) is 6.79 Å². The van der Waals surface area contributed by atoms with Crippen molar-refractivity contribution >= 4 is 17.5 Å². The van der Waals surface area contributed by atoms with Crippen LogP contribution >= 0.6 is 0 Å². The number of nitrogens with zero attached hydrogens (tertiary/aromatic N) is 1. The van der Waals surface area contributed by atoms with Crippen LogP contribution in [-0.2, 0) is 4.79 Å². The van der Waals surface area contributed by atoms with Crippen molar-refractivity contribution in [3.63, 3.8) is 0 Å². The third-order valence-electron chi connectivity index (χ3n) is 4.48. The minimum absolute atomic E-state index is 0.139. The Labute approximate surface area is 156 Å². The number of rotatable bonds is 4. The molecule has 1 N–H and O–H groups in total. The summed E-state index contributed by atoms with van der Waals surface area (Å²) in [5, 5.41) is 2.83. The lowest BCUT2D eigenvalue weighted by atomic mass is 10.1. The van der Waals surface area contributed by atoms with E-state index in [1.807, 2.05) is 19.1 Å². The summed E-state index contributed by atoms with van der Waals surface area (Å²) in [4.78, 5) is 27.2. The van der Waals surface area contributed by atoms with Crippen LogP contribution in [0.1, 0.15) is 23.7 Å². The van der Waals surface area contributed by atoms with Crippen molar-refractivity contribution in [3.8, 4) is 17.2 Å². The summed E-state index contributed by atoms with van der Waals surface area (Å²) in [6, 6.07) is 12.3. The molecule has 2 aliphatic heterocycles. The second-order valence-corrected chi connectivity index (χ2v) is 6.35. The van der Waals surface area contributed by atoms with E-state index in [0.717, 1.165) is 6.42 Å². The topological polar surface area (TPSA) is 77.1 Å². The van der Waals surface area contributed by atoms with Crippen LogP contribution < -0.4 is 24.4 Å². The van der Waals surface area contributed by atoms with Gasteiger partial charge in [0.05, 0.1) is 12.2 Å². The van der Waals surface area contributed by atoms with Gasteiger partial charge >= 0.3 is 0 Å². The van der Waals surface area contributed by atoms with Crippen LogP contribution in [0.5, 0.6) is 17.2 Å². The summed E-state index contributed by atoms with van der Waals surface area (Å²) < 4.78 is 16.5. The normalized spacial score (nSPS) is 17.1. The highest BCUT2D eigenvalue weighted by Crippen LogP contribution is 2.36. The zero-order valence-corrected chi connectivity index (χ0v) is 14.9. The molecule has 0 fully saturated rings. The minimum Gasteiger partial charge on any atom is -0.477 e. The van der Waals surface area contributed by atoms with Gasteiger partial charge in [-0.15, -0.1) is 0 Å². The lowest BCUT2D eigenvalue weighted by Crippen LogP contribution is -2.50. The molecule has 0 aliphatic carbocycles. The maximum atomic E-state index is 13.2. The van der Waals surface area contributed by atoms with Gasteiger partial charge in [0.15, 0.2) is 17.6 Å². The first-order chi connectivity index (χ1) is 13.2. The molecule has 0 radical (unpaired) electrons. The molecule has 0 saturated carbocycles. The predicted octanol–water partition coefficient (Wildman–Crippen LogP) is 2.35. The number of nitrogens with one attached hydrogen (secondary N) is 1. The molecule has 2 heterocycles. The van der Waals surface area contributed by atoms with Gasteiger partial charge in [-0.05, 0) is 36.8 Å². The first-order valence-electron chi connectivity index (χ1n) is 8.92. The van der Waals surface area contributed by atoms with Crippen LogP contribution in [0.25, 0.3) is 0 Å². The summed E-state index contributed by atoms with van der Waals surface area (Å²) in [5.41, 5.74) is 1.10. The Kier molecular flexibility index (Phi) is 4.58. The maximum Gasteiger partial charge on any atom is 0.262 e. The fourth-order valence-electron chi connectivity index (χ4n) is 3.11. The van der Waals surface area contributed by atoms with E-state index in [-0.39, 0.29) is 25.2 Å². The molecular weight excluding hydrogens is 348 g/mol. The van der Waals surface area contributed by atoms with Crippen molar-refractivity contribution in [2.24, 2.45) is 0 Å². The average Bonchev–Trinajstić information content (AvgIpc) is 3.18. The molecule has 140 valence electrons. The fourth-order valence-corrected chi connectivity index (χ4v) is 3.11. The summed E-state index contributed by atoms with van der Waals surface area (Å²) in [6.07, 6.45) is 0.0685. The average molecular weight is 368 g/mol. The van der Waals surface area contributed by atoms with Gasteiger partial charge in [0, 0.05) is 12.1 Å². The van der Waals surface area contributed by atoms with Gasteiger partial charge in [0.25, 0.3) is 11.8 Å². The Hall–Kier alpha value is -3.22. The van der Waals surface area contributed by atoms with E-state index in [4.69, 9.17) is 14.2 Å². The van der Waals surface area contributed by atoms with Crippen molar-refractivity contribution in [2.75, 3.05) is 24.8 Å². The number of carbonyl (C=O) groups excluding carboxylic acids is 2. The quantitative estimate of drug-likeness (QED) is 0.896. The zero-order valence-electron chi connectivity index (χ0n) is 14.9. The molecule has 0 spiro atoms. The molecule has 2 amide bonds. The summed E-state index contributed by atoms with van der Waals surface area (Å²) >= 11 is 0. The molecule has 0 saturated heterocycles. The lowest BCUT2D eigenvalue weighted by Gasteiger charge is -2.34. The standard InChI is InChI=1S/C20H20N2O5/c1-2-9-21-19(23)18-11-22(14-5-3-4-6-15(14)27-18)20(24)13-7-8-16-17(10-13)26-12-25-16/h3-8,10,18H,2,9,11-12H2,1H3,(H,21,23)/t18-/m1/s1. The van der Waals surface area contributed by atoms with Gasteiger partial charge in [-0.2, -0.15) is 0 Å². The Morgan fingerprint density at radius 2 is 1.93 bits per heavy atom. The van der Waals surface area contributed by atoms with E-state index in [1.54, 1.807) is 35.2 Å². The van der Waals surface area contributed by atoms with Gasteiger partial charge in [-0.25, -0.2) is 0 Å². The third kappa shape index (κ3) is 3.28. The number of amides is 2. The molecule has 27 heavy (non-hydrogen) atoms. The van der Waals surface area contributed by atoms with Gasteiger partial charge in [0.1, 0.15) is 5.75 Å². The monoisotopic (exact) mass is 368 g/mol.